The average molecular weight is 350 g/mol. The summed E-state index contributed by atoms with van der Waals surface area (Å²) in [6.45, 7) is 4.40. The first-order valence-electron chi connectivity index (χ1n) is 8.28. The predicted molar refractivity (Wildman–Crippen MR) is 91.3 cm³/mol. The molecule has 0 spiro atoms. The number of aromatic hydroxyl groups is 1. The molecule has 136 valence electrons. The molecule has 0 saturated heterocycles. The summed E-state index contributed by atoms with van der Waals surface area (Å²) in [7, 11) is 0. The van der Waals surface area contributed by atoms with E-state index in [0.29, 0.717) is 18.6 Å². The second-order valence-electron chi connectivity index (χ2n) is 5.31. The summed E-state index contributed by atoms with van der Waals surface area (Å²) in [4.78, 5) is 23.4. The Balaban J connectivity index is 2.23. The zero-order chi connectivity index (χ0) is 18.2. The van der Waals surface area contributed by atoms with Gasteiger partial charge in [0.15, 0.2) is 17.1 Å². The highest BCUT2D eigenvalue weighted by molar-refractivity contribution is 5.89. The Kier molecular flexibility index (Phi) is 6.68. The molecule has 0 aliphatic heterocycles. The third-order valence-corrected chi connectivity index (χ3v) is 3.44. The summed E-state index contributed by atoms with van der Waals surface area (Å²) >= 11 is 0. The number of carbonyl (C=O) groups excluding carboxylic acids is 1. The quantitative estimate of drug-likeness (QED) is 0.422. The van der Waals surface area contributed by atoms with Gasteiger partial charge in [-0.05, 0) is 25.5 Å². The molecule has 0 bridgehead atoms. The molecule has 1 heterocycles. The lowest BCUT2D eigenvalue weighted by molar-refractivity contribution is -0.143. The fourth-order valence-corrected chi connectivity index (χ4v) is 2.20. The van der Waals surface area contributed by atoms with E-state index in [4.69, 9.17) is 18.6 Å². The zero-order valence-corrected chi connectivity index (χ0v) is 14.4. The summed E-state index contributed by atoms with van der Waals surface area (Å²) in [6, 6.07) is 4.84. The number of ether oxygens (including phenoxy) is 3. The van der Waals surface area contributed by atoms with E-state index < -0.39 is 5.63 Å². The first kappa shape index (κ1) is 18.6. The van der Waals surface area contributed by atoms with Crippen LogP contribution >= 0.6 is 0 Å². The van der Waals surface area contributed by atoms with Crippen molar-refractivity contribution in [2.75, 3.05) is 19.8 Å². The molecule has 2 rings (SSSR count). The Hall–Kier alpha value is -2.70. The fourth-order valence-electron chi connectivity index (χ4n) is 2.20. The van der Waals surface area contributed by atoms with Crippen LogP contribution in [0.1, 0.15) is 33.1 Å². The smallest absolute Gasteiger partial charge is 0.383 e. The lowest BCUT2D eigenvalue weighted by Gasteiger charge is -2.11. The van der Waals surface area contributed by atoms with Gasteiger partial charge in [0.1, 0.15) is 0 Å². The van der Waals surface area contributed by atoms with Crippen molar-refractivity contribution < 1.29 is 28.5 Å². The molecule has 0 aliphatic rings. The zero-order valence-electron chi connectivity index (χ0n) is 14.4. The van der Waals surface area contributed by atoms with E-state index in [0.717, 1.165) is 12.8 Å². The van der Waals surface area contributed by atoms with Gasteiger partial charge in [0, 0.05) is 0 Å². The second-order valence-corrected chi connectivity index (χ2v) is 5.31. The number of benzene rings is 1. The summed E-state index contributed by atoms with van der Waals surface area (Å²) < 4.78 is 20.9. The molecule has 1 aromatic carbocycles. The first-order chi connectivity index (χ1) is 12.1. The van der Waals surface area contributed by atoms with Gasteiger partial charge in [-0.15, -0.1) is 0 Å². The molecule has 25 heavy (non-hydrogen) atoms. The molecule has 0 aliphatic carbocycles. The maximum atomic E-state index is 12.1. The Bertz CT molecular complexity index is 779. The highest BCUT2D eigenvalue weighted by Gasteiger charge is 2.18. The number of rotatable bonds is 9. The van der Waals surface area contributed by atoms with Crippen molar-refractivity contribution in [2.24, 2.45) is 0 Å². The summed E-state index contributed by atoms with van der Waals surface area (Å²) in [5, 5.41) is 10.6. The van der Waals surface area contributed by atoms with Crippen molar-refractivity contribution in [3.8, 4) is 17.2 Å². The van der Waals surface area contributed by atoms with Gasteiger partial charge >= 0.3 is 11.6 Å². The van der Waals surface area contributed by atoms with E-state index in [2.05, 4.69) is 0 Å². The van der Waals surface area contributed by atoms with Crippen molar-refractivity contribution in [1.82, 2.24) is 0 Å². The number of hydrogen-bond donors (Lipinski definition) is 1. The standard InChI is InChI=1S/C18H22O7/c1-3-5-10-24-17-15(20)12-7-6-8-13(16(12)25-18(17)21)23-11-9-14(19)22-4-2/h6-8,20H,3-5,9-11H2,1-2H3. The van der Waals surface area contributed by atoms with Gasteiger partial charge in [0.2, 0.25) is 5.75 Å². The summed E-state index contributed by atoms with van der Waals surface area (Å²) in [5.74, 6) is -0.601. The highest BCUT2D eigenvalue weighted by atomic mass is 16.5. The van der Waals surface area contributed by atoms with Crippen LogP contribution in [0.25, 0.3) is 11.0 Å². The molecule has 0 amide bonds. The van der Waals surface area contributed by atoms with Crippen LogP contribution in [-0.2, 0) is 9.53 Å². The maximum Gasteiger partial charge on any atom is 0.383 e. The van der Waals surface area contributed by atoms with Crippen LogP contribution < -0.4 is 15.1 Å². The van der Waals surface area contributed by atoms with Crippen LogP contribution in [0.2, 0.25) is 0 Å². The molecule has 0 unspecified atom stereocenters. The number of unbranched alkanes of at least 4 members (excludes halogenated alkanes) is 1. The first-order valence-corrected chi connectivity index (χ1v) is 8.28. The van der Waals surface area contributed by atoms with Crippen LogP contribution in [0.3, 0.4) is 0 Å². The normalized spacial score (nSPS) is 10.6. The molecule has 0 fully saturated rings. The van der Waals surface area contributed by atoms with Gasteiger partial charge in [0.05, 0.1) is 31.6 Å². The monoisotopic (exact) mass is 350 g/mol. The minimum atomic E-state index is -0.775. The van der Waals surface area contributed by atoms with E-state index in [-0.39, 0.29) is 41.8 Å². The molecule has 7 nitrogen and oxygen atoms in total. The van der Waals surface area contributed by atoms with Gasteiger partial charge in [-0.25, -0.2) is 4.79 Å². The SMILES string of the molecule is CCCCOc1c(O)c2cccc(OCCC(=O)OCC)c2oc1=O. The van der Waals surface area contributed by atoms with Crippen LogP contribution in [0.5, 0.6) is 17.2 Å². The third-order valence-electron chi connectivity index (χ3n) is 3.44. The van der Waals surface area contributed by atoms with Gasteiger partial charge in [0.25, 0.3) is 0 Å². The van der Waals surface area contributed by atoms with Crippen LogP contribution in [0, 0.1) is 0 Å². The topological polar surface area (TPSA) is 95.2 Å². The van der Waals surface area contributed by atoms with Crippen molar-refractivity contribution in [1.29, 1.82) is 0 Å². The van der Waals surface area contributed by atoms with Crippen molar-refractivity contribution in [3.05, 3.63) is 28.6 Å². The van der Waals surface area contributed by atoms with Gasteiger partial charge < -0.3 is 23.7 Å². The molecule has 0 atom stereocenters. The Morgan fingerprint density at radius 2 is 2.00 bits per heavy atom. The van der Waals surface area contributed by atoms with E-state index in [1.807, 2.05) is 6.92 Å². The Morgan fingerprint density at radius 1 is 1.20 bits per heavy atom. The fraction of sp³-hybridized carbons (Fsp3) is 0.444. The van der Waals surface area contributed by atoms with Crippen molar-refractivity contribution in [3.63, 3.8) is 0 Å². The third kappa shape index (κ3) is 4.65. The Morgan fingerprint density at radius 3 is 2.72 bits per heavy atom. The number of para-hydroxylation sites is 1. The molecular weight excluding hydrogens is 328 g/mol. The molecule has 7 heteroatoms. The average Bonchev–Trinajstić information content (AvgIpc) is 2.59. The molecule has 0 saturated carbocycles. The summed E-state index contributed by atoms with van der Waals surface area (Å²) in [6.07, 6.45) is 1.73. The van der Waals surface area contributed by atoms with Crippen LogP contribution in [0.4, 0.5) is 0 Å². The van der Waals surface area contributed by atoms with E-state index >= 15 is 0 Å². The molecule has 0 radical (unpaired) electrons. The highest BCUT2D eigenvalue weighted by Crippen LogP contribution is 2.35. The second kappa shape index (κ2) is 8.96. The van der Waals surface area contributed by atoms with E-state index in [1.54, 1.807) is 25.1 Å². The summed E-state index contributed by atoms with van der Waals surface area (Å²) in [5.41, 5.74) is -0.667. The number of hydrogen-bond acceptors (Lipinski definition) is 7. The maximum absolute atomic E-state index is 12.1. The minimum absolute atomic E-state index is 0.0666. The lowest BCUT2D eigenvalue weighted by Crippen LogP contribution is -2.11. The Labute approximate surface area is 145 Å². The number of esters is 1. The van der Waals surface area contributed by atoms with Crippen molar-refractivity contribution >= 4 is 16.9 Å². The van der Waals surface area contributed by atoms with Gasteiger partial charge in [-0.1, -0.05) is 19.4 Å². The van der Waals surface area contributed by atoms with E-state index in [1.165, 1.54) is 0 Å². The lowest BCUT2D eigenvalue weighted by atomic mass is 10.2. The minimum Gasteiger partial charge on any atom is -0.504 e. The predicted octanol–water partition coefficient (Wildman–Crippen LogP) is 3.01. The van der Waals surface area contributed by atoms with Crippen LogP contribution in [0.15, 0.2) is 27.4 Å². The van der Waals surface area contributed by atoms with E-state index in [9.17, 15) is 14.7 Å². The molecule has 2 aromatic rings. The van der Waals surface area contributed by atoms with Crippen molar-refractivity contribution in [2.45, 2.75) is 33.1 Å². The number of fused-ring (bicyclic) bond motifs is 1. The number of carbonyl (C=O) groups is 1. The van der Waals surface area contributed by atoms with Gasteiger partial charge in [-0.3, -0.25) is 4.79 Å². The molecule has 1 N–H and O–H groups in total. The largest absolute Gasteiger partial charge is 0.504 e. The molecular formula is C18H22O7. The molecule has 1 aromatic heterocycles. The van der Waals surface area contributed by atoms with Crippen LogP contribution in [-0.4, -0.2) is 30.9 Å². The van der Waals surface area contributed by atoms with Gasteiger partial charge in [-0.2, -0.15) is 0 Å².